The maximum Gasteiger partial charge on any atom is 0.227 e. The molecule has 1 aromatic carbocycles. The molecule has 0 spiro atoms. The number of amides is 1. The lowest BCUT2D eigenvalue weighted by molar-refractivity contribution is -0.136. The molecule has 1 unspecified atom stereocenters. The lowest BCUT2D eigenvalue weighted by atomic mass is 9.97. The molecule has 0 saturated carbocycles. The van der Waals surface area contributed by atoms with E-state index in [2.05, 4.69) is 22.1 Å². The highest BCUT2D eigenvalue weighted by molar-refractivity contribution is 7.07. The minimum atomic E-state index is 0. The highest BCUT2D eigenvalue weighted by atomic mass is 35.5. The highest BCUT2D eigenvalue weighted by Crippen LogP contribution is 2.28. The summed E-state index contributed by atoms with van der Waals surface area (Å²) in [6, 6.07) is 8.05. The van der Waals surface area contributed by atoms with E-state index in [-0.39, 0.29) is 24.2 Å². The minimum Gasteiger partial charge on any atom is -0.493 e. The van der Waals surface area contributed by atoms with E-state index in [1.54, 1.807) is 25.6 Å². The first-order valence-electron chi connectivity index (χ1n) is 9.42. The molecule has 1 saturated heterocycles. The quantitative estimate of drug-likeness (QED) is 0.701. The number of ether oxygens (including phenoxy) is 2. The van der Waals surface area contributed by atoms with E-state index in [4.69, 9.17) is 9.47 Å². The number of benzene rings is 1. The second kappa shape index (κ2) is 11.3. The van der Waals surface area contributed by atoms with Gasteiger partial charge in [0.1, 0.15) is 0 Å². The average molecular weight is 425 g/mol. The molecule has 1 fully saturated rings. The molecule has 0 aliphatic carbocycles. The van der Waals surface area contributed by atoms with E-state index in [1.165, 1.54) is 5.56 Å². The fourth-order valence-corrected chi connectivity index (χ4v) is 4.15. The fraction of sp³-hybridized carbons (Fsp3) is 0.476. The Labute approximate surface area is 177 Å². The fourth-order valence-electron chi connectivity index (χ4n) is 3.49. The Balaban J connectivity index is 0.00000280. The van der Waals surface area contributed by atoms with Gasteiger partial charge in [0, 0.05) is 19.6 Å². The summed E-state index contributed by atoms with van der Waals surface area (Å²) in [6.45, 7) is 3.17. The predicted octanol–water partition coefficient (Wildman–Crippen LogP) is 3.76. The summed E-state index contributed by atoms with van der Waals surface area (Å²) in [6.07, 6.45) is 2.83. The zero-order valence-electron chi connectivity index (χ0n) is 16.5. The van der Waals surface area contributed by atoms with Gasteiger partial charge in [-0.1, -0.05) is 6.07 Å². The maximum atomic E-state index is 13.1. The van der Waals surface area contributed by atoms with Gasteiger partial charge in [-0.05, 0) is 65.9 Å². The summed E-state index contributed by atoms with van der Waals surface area (Å²) in [5, 5.41) is 7.54. The number of piperidine rings is 1. The van der Waals surface area contributed by atoms with Crippen molar-refractivity contribution >= 4 is 29.7 Å². The van der Waals surface area contributed by atoms with E-state index in [0.29, 0.717) is 13.1 Å². The molecule has 0 radical (unpaired) electrons. The smallest absolute Gasteiger partial charge is 0.227 e. The standard InChI is InChI=1S/C21H28N2O3S.ClH/c1-25-19-6-5-16(12-20(19)26-2)7-10-23(14-17-8-11-27-15-17)21(24)18-4-3-9-22-13-18;/h5-6,8,11-12,15,18,22H,3-4,7,9-10,13-14H2,1-2H3;1H. The number of thiophene rings is 1. The van der Waals surface area contributed by atoms with Gasteiger partial charge < -0.3 is 19.7 Å². The van der Waals surface area contributed by atoms with Gasteiger partial charge in [-0.3, -0.25) is 4.79 Å². The van der Waals surface area contributed by atoms with E-state index in [9.17, 15) is 4.79 Å². The normalized spacial score (nSPS) is 16.1. The SMILES string of the molecule is COc1ccc(CCN(Cc2ccsc2)C(=O)C2CCCNC2)cc1OC.Cl. The number of halogens is 1. The van der Waals surface area contributed by atoms with Gasteiger partial charge in [-0.2, -0.15) is 11.3 Å². The molecular formula is C21H29ClN2O3S. The van der Waals surface area contributed by atoms with Crippen molar-refractivity contribution in [1.82, 2.24) is 10.2 Å². The van der Waals surface area contributed by atoms with Crippen molar-refractivity contribution in [2.45, 2.75) is 25.8 Å². The highest BCUT2D eigenvalue weighted by Gasteiger charge is 2.26. The van der Waals surface area contributed by atoms with Crippen molar-refractivity contribution in [3.05, 3.63) is 46.2 Å². The Morgan fingerprint density at radius 3 is 2.68 bits per heavy atom. The molecule has 1 amide bonds. The van der Waals surface area contributed by atoms with Crippen LogP contribution >= 0.6 is 23.7 Å². The lowest BCUT2D eigenvalue weighted by Crippen LogP contribution is -2.43. The number of methoxy groups -OCH3 is 2. The van der Waals surface area contributed by atoms with Crippen LogP contribution in [-0.4, -0.2) is 44.7 Å². The van der Waals surface area contributed by atoms with Gasteiger partial charge in [0.25, 0.3) is 0 Å². The largest absolute Gasteiger partial charge is 0.493 e. The number of carbonyl (C=O) groups is 1. The van der Waals surface area contributed by atoms with Crippen molar-refractivity contribution in [3.63, 3.8) is 0 Å². The van der Waals surface area contributed by atoms with E-state index >= 15 is 0 Å². The van der Waals surface area contributed by atoms with Crippen molar-refractivity contribution in [2.75, 3.05) is 33.9 Å². The molecule has 3 rings (SSSR count). The number of nitrogens with zero attached hydrogens (tertiary/aromatic N) is 1. The first kappa shape index (κ1) is 22.5. The van der Waals surface area contributed by atoms with Crippen LogP contribution in [0, 0.1) is 5.92 Å². The Hall–Kier alpha value is -1.76. The number of hydrogen-bond donors (Lipinski definition) is 1. The third kappa shape index (κ3) is 5.87. The van der Waals surface area contributed by atoms with Crippen molar-refractivity contribution in [2.24, 2.45) is 5.92 Å². The molecular weight excluding hydrogens is 396 g/mol. The second-order valence-electron chi connectivity index (χ2n) is 6.87. The first-order valence-corrected chi connectivity index (χ1v) is 10.4. The number of hydrogen-bond acceptors (Lipinski definition) is 5. The van der Waals surface area contributed by atoms with Gasteiger partial charge in [-0.25, -0.2) is 0 Å². The van der Waals surface area contributed by atoms with Crippen LogP contribution < -0.4 is 14.8 Å². The Morgan fingerprint density at radius 1 is 1.21 bits per heavy atom. The summed E-state index contributed by atoms with van der Waals surface area (Å²) in [7, 11) is 3.28. The van der Waals surface area contributed by atoms with Crippen LogP contribution in [0.15, 0.2) is 35.0 Å². The molecule has 2 aromatic rings. The van der Waals surface area contributed by atoms with Gasteiger partial charge in [-0.15, -0.1) is 12.4 Å². The monoisotopic (exact) mass is 424 g/mol. The van der Waals surface area contributed by atoms with E-state index in [1.807, 2.05) is 23.1 Å². The summed E-state index contributed by atoms with van der Waals surface area (Å²) >= 11 is 1.67. The molecule has 0 bridgehead atoms. The molecule has 1 aromatic heterocycles. The number of rotatable bonds is 8. The third-order valence-electron chi connectivity index (χ3n) is 5.03. The summed E-state index contributed by atoms with van der Waals surface area (Å²) in [4.78, 5) is 15.1. The van der Waals surface area contributed by atoms with Crippen molar-refractivity contribution in [1.29, 1.82) is 0 Å². The summed E-state index contributed by atoms with van der Waals surface area (Å²) in [5.74, 6) is 1.79. The minimum absolute atomic E-state index is 0. The number of carbonyl (C=O) groups excluding carboxylic acids is 1. The van der Waals surface area contributed by atoms with Crippen molar-refractivity contribution < 1.29 is 14.3 Å². The molecule has 7 heteroatoms. The molecule has 1 aliphatic heterocycles. The second-order valence-corrected chi connectivity index (χ2v) is 7.65. The van der Waals surface area contributed by atoms with Crippen LogP contribution in [0.5, 0.6) is 11.5 Å². The third-order valence-corrected chi connectivity index (χ3v) is 5.76. The molecule has 28 heavy (non-hydrogen) atoms. The zero-order valence-corrected chi connectivity index (χ0v) is 18.1. The molecule has 154 valence electrons. The summed E-state index contributed by atoms with van der Waals surface area (Å²) in [5.41, 5.74) is 2.34. The molecule has 1 atom stereocenters. The van der Waals surface area contributed by atoms with Gasteiger partial charge in [0.05, 0.1) is 20.1 Å². The average Bonchev–Trinajstić information content (AvgIpc) is 3.24. The predicted molar refractivity (Wildman–Crippen MR) is 116 cm³/mol. The van der Waals surface area contributed by atoms with E-state index < -0.39 is 0 Å². The first-order chi connectivity index (χ1) is 13.2. The van der Waals surface area contributed by atoms with Crippen LogP contribution in [0.3, 0.4) is 0 Å². The molecule has 1 N–H and O–H groups in total. The Morgan fingerprint density at radius 2 is 2.04 bits per heavy atom. The van der Waals surface area contributed by atoms with Gasteiger partial charge in [0.2, 0.25) is 5.91 Å². The topological polar surface area (TPSA) is 50.8 Å². The van der Waals surface area contributed by atoms with Crippen LogP contribution in [0.4, 0.5) is 0 Å². The lowest BCUT2D eigenvalue weighted by Gasteiger charge is -2.30. The number of nitrogens with one attached hydrogen (secondary N) is 1. The van der Waals surface area contributed by atoms with Gasteiger partial charge >= 0.3 is 0 Å². The van der Waals surface area contributed by atoms with Crippen LogP contribution in [-0.2, 0) is 17.8 Å². The molecule has 5 nitrogen and oxygen atoms in total. The Bertz CT molecular complexity index is 733. The van der Waals surface area contributed by atoms with Gasteiger partial charge in [0.15, 0.2) is 11.5 Å². The van der Waals surface area contributed by atoms with Crippen LogP contribution in [0.25, 0.3) is 0 Å². The van der Waals surface area contributed by atoms with E-state index in [0.717, 1.165) is 49.4 Å². The zero-order chi connectivity index (χ0) is 19.1. The Kier molecular flexibility index (Phi) is 9.09. The van der Waals surface area contributed by atoms with Crippen LogP contribution in [0.1, 0.15) is 24.0 Å². The molecule has 1 aliphatic rings. The van der Waals surface area contributed by atoms with Crippen molar-refractivity contribution in [3.8, 4) is 11.5 Å². The van der Waals surface area contributed by atoms with Crippen LogP contribution in [0.2, 0.25) is 0 Å². The molecule has 2 heterocycles. The maximum absolute atomic E-state index is 13.1. The summed E-state index contributed by atoms with van der Waals surface area (Å²) < 4.78 is 10.7.